The van der Waals surface area contributed by atoms with Crippen LogP contribution in [0.5, 0.6) is 0 Å². The number of carboxylic acid groups (broad SMARTS) is 1. The Bertz CT molecular complexity index is 915. The van der Waals surface area contributed by atoms with Crippen molar-refractivity contribution >= 4 is 38.7 Å². The van der Waals surface area contributed by atoms with Gasteiger partial charge in [-0.05, 0) is 50.7 Å². The number of benzene rings is 1. The third-order valence-electron chi connectivity index (χ3n) is 5.59. The second kappa shape index (κ2) is 7.42. The minimum Gasteiger partial charge on any atom is -0.481 e. The summed E-state index contributed by atoms with van der Waals surface area (Å²) in [6.07, 6.45) is -1.04. The Morgan fingerprint density at radius 3 is 2.57 bits per heavy atom. The number of nitrogens with one attached hydrogen (secondary N) is 2. The first-order valence-corrected chi connectivity index (χ1v) is 9.70. The first kappa shape index (κ1) is 20.7. The average molecular weight is 461 g/mol. The monoisotopic (exact) mass is 460 g/mol. The summed E-state index contributed by atoms with van der Waals surface area (Å²) in [5, 5.41) is 12.4. The Labute approximate surface area is 167 Å². The number of carbonyl (C=O) groups excluding carboxylic acids is 1. The zero-order valence-corrected chi connectivity index (χ0v) is 16.7. The van der Waals surface area contributed by atoms with E-state index < -0.39 is 34.6 Å². The molecule has 0 aliphatic heterocycles. The minimum absolute atomic E-state index is 0.0389. The maximum Gasteiger partial charge on any atom is 0.418 e. The van der Waals surface area contributed by atoms with E-state index in [9.17, 15) is 27.9 Å². The second-order valence-corrected chi connectivity index (χ2v) is 8.42. The number of aliphatic carboxylic acids is 1. The fourth-order valence-corrected chi connectivity index (χ4v) is 4.40. The van der Waals surface area contributed by atoms with Gasteiger partial charge in [0, 0.05) is 22.6 Å². The van der Waals surface area contributed by atoms with Crippen LogP contribution in [-0.4, -0.2) is 28.5 Å². The summed E-state index contributed by atoms with van der Waals surface area (Å²) in [6.45, 7) is 1.91. The Hall–Kier alpha value is -2.03. The van der Waals surface area contributed by atoms with Gasteiger partial charge in [-0.3, -0.25) is 9.59 Å². The van der Waals surface area contributed by atoms with E-state index in [2.05, 4.69) is 26.2 Å². The van der Waals surface area contributed by atoms with Crippen LogP contribution in [0, 0.1) is 11.3 Å². The number of rotatable bonds is 4. The second-order valence-electron chi connectivity index (χ2n) is 7.57. The van der Waals surface area contributed by atoms with Crippen LogP contribution in [0.4, 0.5) is 13.2 Å². The molecule has 1 aromatic carbocycles. The van der Waals surface area contributed by atoms with Crippen LogP contribution in [-0.2, 0) is 11.0 Å². The molecule has 3 N–H and O–H groups in total. The van der Waals surface area contributed by atoms with Gasteiger partial charge in [0.2, 0.25) is 0 Å². The molecule has 0 unspecified atom stereocenters. The molecule has 0 atom stereocenters. The number of carbonyl (C=O) groups is 2. The molecule has 28 heavy (non-hydrogen) atoms. The van der Waals surface area contributed by atoms with Gasteiger partial charge >= 0.3 is 12.1 Å². The molecule has 0 spiro atoms. The van der Waals surface area contributed by atoms with Gasteiger partial charge in [0.25, 0.3) is 5.91 Å². The zero-order chi connectivity index (χ0) is 20.7. The summed E-state index contributed by atoms with van der Waals surface area (Å²) >= 11 is 2.94. The van der Waals surface area contributed by atoms with Crippen molar-refractivity contribution in [3.8, 4) is 0 Å². The molecule has 0 radical (unpaired) electrons. The normalized spacial score (nSPS) is 23.0. The lowest BCUT2D eigenvalue weighted by Crippen LogP contribution is -2.37. The predicted octanol–water partition coefficient (Wildman–Crippen LogP) is 4.96. The summed E-state index contributed by atoms with van der Waals surface area (Å²) < 4.78 is 40.6. The van der Waals surface area contributed by atoms with E-state index in [1.165, 1.54) is 12.3 Å². The van der Waals surface area contributed by atoms with Crippen molar-refractivity contribution in [3.05, 3.63) is 33.9 Å². The average Bonchev–Trinajstić information content (AvgIpc) is 3.06. The molecule has 2 aromatic rings. The van der Waals surface area contributed by atoms with Crippen LogP contribution < -0.4 is 5.32 Å². The summed E-state index contributed by atoms with van der Waals surface area (Å²) in [5.41, 5.74) is -2.09. The molecule has 0 saturated heterocycles. The Balaban J connectivity index is 1.79. The largest absolute Gasteiger partial charge is 0.481 e. The van der Waals surface area contributed by atoms with E-state index in [-0.39, 0.29) is 22.5 Å². The van der Waals surface area contributed by atoms with Crippen LogP contribution in [0.2, 0.25) is 0 Å². The lowest BCUT2D eigenvalue weighted by atomic mass is 9.72. The van der Waals surface area contributed by atoms with E-state index in [1.807, 2.05) is 0 Å². The van der Waals surface area contributed by atoms with Crippen molar-refractivity contribution in [2.24, 2.45) is 11.3 Å². The number of aromatic amines is 1. The van der Waals surface area contributed by atoms with Crippen LogP contribution >= 0.6 is 15.9 Å². The first-order valence-electron chi connectivity index (χ1n) is 8.91. The molecule has 152 valence electrons. The number of aromatic nitrogens is 1. The summed E-state index contributed by atoms with van der Waals surface area (Å²) in [6, 6.07) is 2.93. The molecule has 1 amide bonds. The van der Waals surface area contributed by atoms with Gasteiger partial charge < -0.3 is 15.4 Å². The molecule has 1 fully saturated rings. The predicted molar refractivity (Wildman–Crippen MR) is 101 cm³/mol. The summed E-state index contributed by atoms with van der Waals surface area (Å²) in [4.78, 5) is 26.7. The van der Waals surface area contributed by atoms with Crippen LogP contribution in [0.1, 0.15) is 48.5 Å². The SMILES string of the molecule is CC1(C(=O)O)CCC(CNC(=O)c2c(C(F)(F)F)c(Br)cc3cc[nH]c23)CC1. The molecule has 9 heteroatoms. The summed E-state index contributed by atoms with van der Waals surface area (Å²) in [7, 11) is 0. The van der Waals surface area contributed by atoms with E-state index in [0.717, 1.165) is 0 Å². The Morgan fingerprint density at radius 2 is 2.00 bits per heavy atom. The third kappa shape index (κ3) is 3.90. The highest BCUT2D eigenvalue weighted by Gasteiger charge is 2.40. The van der Waals surface area contributed by atoms with Gasteiger partial charge in [0.1, 0.15) is 0 Å². The first-order chi connectivity index (χ1) is 13.0. The van der Waals surface area contributed by atoms with Crippen molar-refractivity contribution in [3.63, 3.8) is 0 Å². The number of carboxylic acids is 1. The van der Waals surface area contributed by atoms with Gasteiger partial charge in [0.05, 0.1) is 22.1 Å². The number of H-pyrrole nitrogens is 1. The van der Waals surface area contributed by atoms with E-state index in [1.54, 1.807) is 13.0 Å². The highest BCUT2D eigenvalue weighted by Crippen LogP contribution is 2.41. The number of amides is 1. The molecule has 1 heterocycles. The molecule has 0 bridgehead atoms. The number of halogens is 4. The van der Waals surface area contributed by atoms with Crippen LogP contribution in [0.3, 0.4) is 0 Å². The van der Waals surface area contributed by atoms with Crippen molar-refractivity contribution in [1.29, 1.82) is 0 Å². The molecule has 1 saturated carbocycles. The molecule has 3 rings (SSSR count). The highest BCUT2D eigenvalue weighted by atomic mass is 79.9. The maximum absolute atomic E-state index is 13.6. The maximum atomic E-state index is 13.6. The molecular weight excluding hydrogens is 441 g/mol. The molecule has 1 aromatic heterocycles. The quantitative estimate of drug-likeness (QED) is 0.602. The zero-order valence-electron chi connectivity index (χ0n) is 15.1. The fraction of sp³-hybridized carbons (Fsp3) is 0.474. The molecule has 1 aliphatic rings. The number of fused-ring (bicyclic) bond motifs is 1. The van der Waals surface area contributed by atoms with Gasteiger partial charge in [-0.25, -0.2) is 0 Å². The number of hydrogen-bond acceptors (Lipinski definition) is 2. The number of hydrogen-bond donors (Lipinski definition) is 3. The van der Waals surface area contributed by atoms with Crippen LogP contribution in [0.25, 0.3) is 10.9 Å². The van der Waals surface area contributed by atoms with E-state index in [0.29, 0.717) is 31.1 Å². The smallest absolute Gasteiger partial charge is 0.418 e. The molecule has 1 aliphatic carbocycles. The summed E-state index contributed by atoms with van der Waals surface area (Å²) in [5.74, 6) is -1.60. The number of alkyl halides is 3. The van der Waals surface area contributed by atoms with Crippen molar-refractivity contribution in [2.45, 2.75) is 38.8 Å². The Morgan fingerprint density at radius 1 is 1.36 bits per heavy atom. The highest BCUT2D eigenvalue weighted by molar-refractivity contribution is 9.10. The lowest BCUT2D eigenvalue weighted by Gasteiger charge is -2.33. The van der Waals surface area contributed by atoms with Crippen LogP contribution in [0.15, 0.2) is 22.8 Å². The van der Waals surface area contributed by atoms with Crippen molar-refractivity contribution < 1.29 is 27.9 Å². The molecular formula is C19H20BrF3N2O3. The van der Waals surface area contributed by atoms with Gasteiger partial charge in [-0.1, -0.05) is 15.9 Å². The standard InChI is InChI=1S/C19H20BrF3N2O3/c1-18(17(27)28)5-2-10(3-6-18)9-25-16(26)13-14(19(21,22)23)12(20)8-11-4-7-24-15(11)13/h4,7-8,10,24H,2-3,5-6,9H2,1H3,(H,25,26)(H,27,28). The van der Waals surface area contributed by atoms with E-state index in [4.69, 9.17) is 0 Å². The fourth-order valence-electron chi connectivity index (χ4n) is 3.73. The van der Waals surface area contributed by atoms with E-state index >= 15 is 0 Å². The Kier molecular flexibility index (Phi) is 5.49. The van der Waals surface area contributed by atoms with Crippen molar-refractivity contribution in [2.75, 3.05) is 6.54 Å². The topological polar surface area (TPSA) is 82.2 Å². The van der Waals surface area contributed by atoms with Gasteiger partial charge in [-0.15, -0.1) is 0 Å². The lowest BCUT2D eigenvalue weighted by molar-refractivity contribution is -0.150. The molecule has 5 nitrogen and oxygen atoms in total. The minimum atomic E-state index is -4.70. The van der Waals surface area contributed by atoms with Gasteiger partial charge in [0.15, 0.2) is 0 Å². The third-order valence-corrected chi connectivity index (χ3v) is 6.21. The van der Waals surface area contributed by atoms with Crippen molar-refractivity contribution in [1.82, 2.24) is 10.3 Å². The van der Waals surface area contributed by atoms with Gasteiger partial charge in [-0.2, -0.15) is 13.2 Å².